The maximum atomic E-state index is 12.0. The molecular weight excluding hydrogens is 346 g/mol. The summed E-state index contributed by atoms with van der Waals surface area (Å²) in [6, 6.07) is 3.70. The normalized spacial score (nSPS) is 19.7. The highest BCUT2D eigenvalue weighted by molar-refractivity contribution is 5.90. The van der Waals surface area contributed by atoms with Gasteiger partial charge in [-0.3, -0.25) is 9.79 Å². The van der Waals surface area contributed by atoms with Crippen LogP contribution in [0.5, 0.6) is 0 Å². The fourth-order valence-electron chi connectivity index (χ4n) is 2.92. The standard InChI is InChI=1S/C19H31N5O3/c1-3-20-18(23-13-19(7-10-25)8-11-27-14-19)21-9-6-17(26)24-16-5-4-15(2)12-22-16/h4-5,12,25H,3,6-11,13-14H2,1-2H3,(H2,20,21,23)(H,22,24,26). The van der Waals surface area contributed by atoms with E-state index in [4.69, 9.17) is 4.74 Å². The first-order chi connectivity index (χ1) is 13.1. The van der Waals surface area contributed by atoms with Crippen LogP contribution in [0.3, 0.4) is 0 Å². The van der Waals surface area contributed by atoms with Crippen LogP contribution in [0.2, 0.25) is 0 Å². The number of aryl methyl sites for hydroxylation is 1. The molecule has 0 spiro atoms. The van der Waals surface area contributed by atoms with Crippen LogP contribution in [0.4, 0.5) is 5.82 Å². The van der Waals surface area contributed by atoms with E-state index in [1.54, 1.807) is 12.3 Å². The molecule has 2 rings (SSSR count). The number of aliphatic hydroxyl groups is 1. The van der Waals surface area contributed by atoms with E-state index < -0.39 is 0 Å². The number of anilines is 1. The van der Waals surface area contributed by atoms with Crippen molar-refractivity contribution in [2.45, 2.75) is 33.1 Å². The Morgan fingerprint density at radius 2 is 2.26 bits per heavy atom. The van der Waals surface area contributed by atoms with E-state index in [0.29, 0.717) is 50.9 Å². The Kier molecular flexibility index (Phi) is 8.47. The maximum Gasteiger partial charge on any atom is 0.227 e. The van der Waals surface area contributed by atoms with Gasteiger partial charge in [0.2, 0.25) is 5.91 Å². The van der Waals surface area contributed by atoms with Gasteiger partial charge in [-0.05, 0) is 38.3 Å². The maximum absolute atomic E-state index is 12.0. The predicted molar refractivity (Wildman–Crippen MR) is 106 cm³/mol. The van der Waals surface area contributed by atoms with Crippen LogP contribution in [0.25, 0.3) is 0 Å². The third-order valence-corrected chi connectivity index (χ3v) is 4.57. The molecule has 0 aromatic carbocycles. The first-order valence-electron chi connectivity index (χ1n) is 9.50. The van der Waals surface area contributed by atoms with Gasteiger partial charge in [0.15, 0.2) is 5.96 Å². The van der Waals surface area contributed by atoms with E-state index in [2.05, 4.69) is 25.9 Å². The van der Waals surface area contributed by atoms with Crippen LogP contribution >= 0.6 is 0 Å². The molecule has 0 aliphatic carbocycles. The van der Waals surface area contributed by atoms with Crippen molar-refractivity contribution in [2.24, 2.45) is 10.4 Å². The molecule has 1 atom stereocenters. The lowest BCUT2D eigenvalue weighted by Crippen LogP contribution is -2.40. The van der Waals surface area contributed by atoms with Gasteiger partial charge in [0.1, 0.15) is 5.82 Å². The molecule has 0 bridgehead atoms. The fraction of sp³-hybridized carbons (Fsp3) is 0.632. The molecule has 4 N–H and O–H groups in total. The number of carbonyl (C=O) groups excluding carboxylic acids is 1. The Morgan fingerprint density at radius 1 is 1.41 bits per heavy atom. The molecule has 2 heterocycles. The Labute approximate surface area is 160 Å². The van der Waals surface area contributed by atoms with Gasteiger partial charge >= 0.3 is 0 Å². The van der Waals surface area contributed by atoms with Gasteiger partial charge < -0.3 is 25.8 Å². The molecule has 1 aliphatic heterocycles. The minimum atomic E-state index is -0.101. The highest BCUT2D eigenvalue weighted by Gasteiger charge is 2.34. The van der Waals surface area contributed by atoms with Crippen molar-refractivity contribution < 1.29 is 14.6 Å². The SMILES string of the molecule is CCNC(=NCC1(CCO)CCOC1)NCCC(=O)Nc1ccc(C)cn1. The first-order valence-corrected chi connectivity index (χ1v) is 9.50. The van der Waals surface area contributed by atoms with Gasteiger partial charge in [0.25, 0.3) is 0 Å². The van der Waals surface area contributed by atoms with Crippen molar-refractivity contribution in [3.05, 3.63) is 23.9 Å². The Balaban J connectivity index is 1.80. The molecule has 1 amide bonds. The van der Waals surface area contributed by atoms with Crippen LogP contribution in [0, 0.1) is 12.3 Å². The molecule has 0 radical (unpaired) electrons. The van der Waals surface area contributed by atoms with Crippen molar-refractivity contribution in [2.75, 3.05) is 44.8 Å². The summed E-state index contributed by atoms with van der Waals surface area (Å²) in [7, 11) is 0. The minimum Gasteiger partial charge on any atom is -0.396 e. The van der Waals surface area contributed by atoms with E-state index in [0.717, 1.165) is 18.5 Å². The zero-order chi connectivity index (χ0) is 19.5. The van der Waals surface area contributed by atoms with Crippen molar-refractivity contribution in [1.29, 1.82) is 0 Å². The average molecular weight is 377 g/mol. The Hall–Kier alpha value is -2.19. The molecule has 1 aliphatic rings. The number of ether oxygens (including phenoxy) is 1. The van der Waals surface area contributed by atoms with Crippen LogP contribution in [0.15, 0.2) is 23.3 Å². The van der Waals surface area contributed by atoms with Crippen LogP contribution in [-0.2, 0) is 9.53 Å². The third-order valence-electron chi connectivity index (χ3n) is 4.57. The number of guanidine groups is 1. The number of aromatic nitrogens is 1. The summed E-state index contributed by atoms with van der Waals surface area (Å²) in [6.07, 6.45) is 3.62. The number of aliphatic imine (C=N–C) groups is 1. The summed E-state index contributed by atoms with van der Waals surface area (Å²) in [5.41, 5.74) is 0.957. The van der Waals surface area contributed by atoms with Crippen LogP contribution in [0.1, 0.15) is 31.7 Å². The second-order valence-electron chi connectivity index (χ2n) is 6.92. The zero-order valence-corrected chi connectivity index (χ0v) is 16.3. The first kappa shape index (κ1) is 21.1. The number of nitrogens with one attached hydrogen (secondary N) is 3. The van der Waals surface area contributed by atoms with Gasteiger partial charge in [-0.1, -0.05) is 6.07 Å². The second kappa shape index (κ2) is 10.8. The summed E-state index contributed by atoms with van der Waals surface area (Å²) in [6.45, 7) is 7.21. The van der Waals surface area contributed by atoms with E-state index in [9.17, 15) is 9.90 Å². The smallest absolute Gasteiger partial charge is 0.227 e. The molecule has 1 saturated heterocycles. The molecule has 8 nitrogen and oxygen atoms in total. The quantitative estimate of drug-likeness (QED) is 0.379. The monoisotopic (exact) mass is 377 g/mol. The number of carbonyl (C=O) groups is 1. The highest BCUT2D eigenvalue weighted by atomic mass is 16.5. The lowest BCUT2D eigenvalue weighted by molar-refractivity contribution is -0.116. The van der Waals surface area contributed by atoms with Gasteiger partial charge in [0.05, 0.1) is 13.2 Å². The molecule has 150 valence electrons. The summed E-state index contributed by atoms with van der Waals surface area (Å²) in [5, 5.41) is 18.5. The largest absolute Gasteiger partial charge is 0.396 e. The fourth-order valence-corrected chi connectivity index (χ4v) is 2.92. The molecule has 1 fully saturated rings. The summed E-state index contributed by atoms with van der Waals surface area (Å²) in [5.74, 6) is 1.12. The summed E-state index contributed by atoms with van der Waals surface area (Å²) >= 11 is 0. The highest BCUT2D eigenvalue weighted by Crippen LogP contribution is 2.32. The minimum absolute atomic E-state index is 0.0917. The number of nitrogens with zero attached hydrogens (tertiary/aromatic N) is 2. The van der Waals surface area contributed by atoms with Crippen molar-refractivity contribution >= 4 is 17.7 Å². The van der Waals surface area contributed by atoms with E-state index in [1.807, 2.05) is 19.9 Å². The van der Waals surface area contributed by atoms with Gasteiger partial charge in [-0.2, -0.15) is 0 Å². The topological polar surface area (TPSA) is 108 Å². The van der Waals surface area contributed by atoms with Crippen LogP contribution in [-0.4, -0.2) is 61.4 Å². The lowest BCUT2D eigenvalue weighted by atomic mass is 9.84. The van der Waals surface area contributed by atoms with E-state index >= 15 is 0 Å². The van der Waals surface area contributed by atoms with Crippen molar-refractivity contribution in [1.82, 2.24) is 15.6 Å². The Morgan fingerprint density at radius 3 is 2.89 bits per heavy atom. The van der Waals surface area contributed by atoms with Gasteiger partial charge in [0, 0.05) is 44.3 Å². The number of hydrogen-bond donors (Lipinski definition) is 4. The van der Waals surface area contributed by atoms with Crippen LogP contribution < -0.4 is 16.0 Å². The number of aliphatic hydroxyl groups excluding tert-OH is 1. The molecule has 0 saturated carbocycles. The lowest BCUT2D eigenvalue weighted by Gasteiger charge is -2.24. The number of rotatable bonds is 9. The molecule has 8 heteroatoms. The van der Waals surface area contributed by atoms with Gasteiger partial charge in [-0.25, -0.2) is 4.98 Å². The number of pyridine rings is 1. The number of amides is 1. The number of hydrogen-bond acceptors (Lipinski definition) is 5. The molecular formula is C19H31N5O3. The Bertz CT molecular complexity index is 612. The van der Waals surface area contributed by atoms with Gasteiger partial charge in [-0.15, -0.1) is 0 Å². The molecule has 27 heavy (non-hydrogen) atoms. The molecule has 1 unspecified atom stereocenters. The van der Waals surface area contributed by atoms with E-state index in [-0.39, 0.29) is 17.9 Å². The van der Waals surface area contributed by atoms with Crippen molar-refractivity contribution in [3.63, 3.8) is 0 Å². The molecule has 1 aromatic rings. The summed E-state index contributed by atoms with van der Waals surface area (Å²) in [4.78, 5) is 20.8. The second-order valence-corrected chi connectivity index (χ2v) is 6.92. The molecule has 1 aromatic heterocycles. The van der Waals surface area contributed by atoms with Crippen molar-refractivity contribution in [3.8, 4) is 0 Å². The predicted octanol–water partition coefficient (Wildman–Crippen LogP) is 1.06. The average Bonchev–Trinajstić information content (AvgIpc) is 3.11. The van der Waals surface area contributed by atoms with E-state index in [1.165, 1.54) is 0 Å². The zero-order valence-electron chi connectivity index (χ0n) is 16.3. The summed E-state index contributed by atoms with van der Waals surface area (Å²) < 4.78 is 5.50. The third kappa shape index (κ3) is 7.15.